The summed E-state index contributed by atoms with van der Waals surface area (Å²) >= 11 is 6.72. The first-order valence-electron chi connectivity index (χ1n) is 5.83. The van der Waals surface area contributed by atoms with Crippen LogP contribution in [0, 0.1) is 0 Å². The van der Waals surface area contributed by atoms with E-state index in [0.29, 0.717) is 18.0 Å². The molecule has 0 atom stereocenters. The number of rotatable bonds is 4. The highest BCUT2D eigenvalue weighted by Gasteiger charge is 2.11. The van der Waals surface area contributed by atoms with Crippen molar-refractivity contribution in [3.8, 4) is 5.88 Å². The van der Waals surface area contributed by atoms with Crippen LogP contribution < -0.4 is 10.1 Å². The van der Waals surface area contributed by atoms with Gasteiger partial charge in [-0.2, -0.15) is 0 Å². The first kappa shape index (κ1) is 15.0. The molecule has 0 aliphatic heterocycles. The van der Waals surface area contributed by atoms with Gasteiger partial charge in [0.1, 0.15) is 0 Å². The van der Waals surface area contributed by atoms with Gasteiger partial charge in [-0.25, -0.2) is 4.98 Å². The molecule has 2 rings (SSSR count). The third kappa shape index (κ3) is 3.58. The van der Waals surface area contributed by atoms with Gasteiger partial charge in [-0.3, -0.25) is 4.79 Å². The van der Waals surface area contributed by atoms with Crippen molar-refractivity contribution >= 4 is 37.8 Å². The summed E-state index contributed by atoms with van der Waals surface area (Å²) in [6.45, 7) is 0.356. The monoisotopic (exact) mass is 398 g/mol. The smallest absolute Gasteiger partial charge is 0.252 e. The number of halogens is 2. The minimum absolute atomic E-state index is 0.163. The summed E-state index contributed by atoms with van der Waals surface area (Å²) < 4.78 is 6.75. The lowest BCUT2D eigenvalue weighted by molar-refractivity contribution is 0.0950. The first-order valence-corrected chi connectivity index (χ1v) is 7.41. The Morgan fingerprint density at radius 2 is 2.15 bits per heavy atom. The van der Waals surface area contributed by atoms with Crippen molar-refractivity contribution in [2.24, 2.45) is 0 Å². The molecule has 1 aromatic carbocycles. The van der Waals surface area contributed by atoms with E-state index < -0.39 is 0 Å². The van der Waals surface area contributed by atoms with Crippen LogP contribution >= 0.6 is 31.9 Å². The Morgan fingerprint density at radius 1 is 1.35 bits per heavy atom. The molecule has 0 aliphatic carbocycles. The SMILES string of the molecule is COc1ncccc1CNC(=O)c1cc(Br)ccc1Br. The molecular weight excluding hydrogens is 388 g/mol. The maximum Gasteiger partial charge on any atom is 0.252 e. The Morgan fingerprint density at radius 3 is 2.90 bits per heavy atom. The zero-order valence-corrected chi connectivity index (χ0v) is 13.9. The van der Waals surface area contributed by atoms with Crippen LogP contribution in [0.25, 0.3) is 0 Å². The standard InChI is InChI=1S/C14H12Br2N2O2/c1-20-14-9(3-2-6-17-14)8-18-13(19)11-7-10(15)4-5-12(11)16/h2-7H,8H2,1H3,(H,18,19). The van der Waals surface area contributed by atoms with Gasteiger partial charge in [0.2, 0.25) is 5.88 Å². The van der Waals surface area contributed by atoms with E-state index in [-0.39, 0.29) is 5.91 Å². The fourth-order valence-electron chi connectivity index (χ4n) is 1.68. The van der Waals surface area contributed by atoms with Gasteiger partial charge in [-0.1, -0.05) is 22.0 Å². The highest BCUT2D eigenvalue weighted by atomic mass is 79.9. The summed E-state index contributed by atoms with van der Waals surface area (Å²) in [5, 5.41) is 2.85. The zero-order valence-electron chi connectivity index (χ0n) is 10.7. The molecule has 1 heterocycles. The average molecular weight is 400 g/mol. The molecular formula is C14H12Br2N2O2. The van der Waals surface area contributed by atoms with Crippen molar-refractivity contribution in [2.45, 2.75) is 6.54 Å². The van der Waals surface area contributed by atoms with Crippen molar-refractivity contribution in [1.82, 2.24) is 10.3 Å². The second-order valence-corrected chi connectivity index (χ2v) is 5.75. The second kappa shape index (κ2) is 6.85. The van der Waals surface area contributed by atoms with Gasteiger partial charge >= 0.3 is 0 Å². The van der Waals surface area contributed by atoms with Crippen LogP contribution in [0.5, 0.6) is 5.88 Å². The minimum atomic E-state index is -0.163. The van der Waals surface area contributed by atoms with E-state index in [9.17, 15) is 4.79 Å². The lowest BCUT2D eigenvalue weighted by atomic mass is 10.2. The highest BCUT2D eigenvalue weighted by Crippen LogP contribution is 2.21. The van der Waals surface area contributed by atoms with E-state index in [1.807, 2.05) is 18.2 Å². The van der Waals surface area contributed by atoms with Crippen molar-refractivity contribution in [3.63, 3.8) is 0 Å². The number of carbonyl (C=O) groups is 1. The maximum absolute atomic E-state index is 12.2. The van der Waals surface area contributed by atoms with Gasteiger partial charge in [0.25, 0.3) is 5.91 Å². The summed E-state index contributed by atoms with van der Waals surface area (Å²) in [6.07, 6.45) is 1.65. The average Bonchev–Trinajstić information content (AvgIpc) is 2.47. The Labute approximate surface area is 133 Å². The number of aromatic nitrogens is 1. The molecule has 4 nitrogen and oxygen atoms in total. The first-order chi connectivity index (χ1) is 9.61. The number of methoxy groups -OCH3 is 1. The topological polar surface area (TPSA) is 51.2 Å². The zero-order chi connectivity index (χ0) is 14.5. The van der Waals surface area contributed by atoms with E-state index >= 15 is 0 Å². The Bertz CT molecular complexity index is 632. The van der Waals surface area contributed by atoms with Gasteiger partial charge in [-0.15, -0.1) is 0 Å². The summed E-state index contributed by atoms with van der Waals surface area (Å²) in [5.41, 5.74) is 1.40. The van der Waals surface area contributed by atoms with E-state index in [2.05, 4.69) is 42.2 Å². The fourth-order valence-corrected chi connectivity index (χ4v) is 2.47. The van der Waals surface area contributed by atoms with Crippen LogP contribution in [-0.2, 0) is 6.54 Å². The minimum Gasteiger partial charge on any atom is -0.481 e. The molecule has 20 heavy (non-hydrogen) atoms. The molecule has 0 unspecified atom stereocenters. The molecule has 6 heteroatoms. The number of amides is 1. The highest BCUT2D eigenvalue weighted by molar-refractivity contribution is 9.11. The Kier molecular flexibility index (Phi) is 5.14. The third-order valence-electron chi connectivity index (χ3n) is 2.66. The molecule has 104 valence electrons. The molecule has 0 fully saturated rings. The van der Waals surface area contributed by atoms with Crippen LogP contribution in [0.3, 0.4) is 0 Å². The summed E-state index contributed by atoms with van der Waals surface area (Å²) in [7, 11) is 1.55. The van der Waals surface area contributed by atoms with E-state index in [1.165, 1.54) is 0 Å². The van der Waals surface area contributed by atoms with Crippen LogP contribution in [0.4, 0.5) is 0 Å². The number of nitrogens with one attached hydrogen (secondary N) is 1. The number of ether oxygens (including phenoxy) is 1. The number of pyridine rings is 1. The van der Waals surface area contributed by atoms with Crippen LogP contribution in [-0.4, -0.2) is 18.0 Å². The molecule has 2 aromatic rings. The quantitative estimate of drug-likeness (QED) is 0.855. The maximum atomic E-state index is 12.2. The molecule has 0 aliphatic rings. The van der Waals surface area contributed by atoms with Gasteiger partial charge in [0, 0.05) is 27.3 Å². The summed E-state index contributed by atoms with van der Waals surface area (Å²) in [4.78, 5) is 16.3. The summed E-state index contributed by atoms with van der Waals surface area (Å²) in [6, 6.07) is 9.12. The lowest BCUT2D eigenvalue weighted by Gasteiger charge is -2.09. The second-order valence-electron chi connectivity index (χ2n) is 3.98. The largest absolute Gasteiger partial charge is 0.481 e. The van der Waals surface area contributed by atoms with Crippen molar-refractivity contribution in [3.05, 3.63) is 56.6 Å². The fraction of sp³-hybridized carbons (Fsp3) is 0.143. The molecule has 1 N–H and O–H groups in total. The van der Waals surface area contributed by atoms with Crippen molar-refractivity contribution in [1.29, 1.82) is 0 Å². The van der Waals surface area contributed by atoms with E-state index in [0.717, 1.165) is 14.5 Å². The molecule has 1 aromatic heterocycles. The molecule has 0 radical (unpaired) electrons. The molecule has 0 spiro atoms. The number of benzene rings is 1. The number of hydrogen-bond donors (Lipinski definition) is 1. The van der Waals surface area contributed by atoms with Crippen LogP contribution in [0.2, 0.25) is 0 Å². The molecule has 0 saturated heterocycles. The van der Waals surface area contributed by atoms with Crippen molar-refractivity contribution in [2.75, 3.05) is 7.11 Å². The molecule has 0 saturated carbocycles. The van der Waals surface area contributed by atoms with Crippen molar-refractivity contribution < 1.29 is 9.53 Å². The third-order valence-corrected chi connectivity index (χ3v) is 3.84. The Hall–Kier alpha value is -1.40. The molecule has 0 bridgehead atoms. The van der Waals surface area contributed by atoms with Crippen LogP contribution in [0.1, 0.15) is 15.9 Å². The van der Waals surface area contributed by atoms with Crippen LogP contribution in [0.15, 0.2) is 45.5 Å². The predicted molar refractivity (Wildman–Crippen MR) is 83.8 cm³/mol. The Balaban J connectivity index is 2.11. The van der Waals surface area contributed by atoms with Gasteiger partial charge < -0.3 is 10.1 Å². The lowest BCUT2D eigenvalue weighted by Crippen LogP contribution is -2.23. The van der Waals surface area contributed by atoms with Gasteiger partial charge in [0.15, 0.2) is 0 Å². The number of nitrogens with zero attached hydrogens (tertiary/aromatic N) is 1. The number of hydrogen-bond acceptors (Lipinski definition) is 3. The van der Waals surface area contributed by atoms with Gasteiger partial charge in [0.05, 0.1) is 12.7 Å². The van der Waals surface area contributed by atoms with Gasteiger partial charge in [-0.05, 0) is 40.2 Å². The predicted octanol–water partition coefficient (Wildman–Crippen LogP) is 3.55. The summed E-state index contributed by atoms with van der Waals surface area (Å²) in [5.74, 6) is 0.352. The van der Waals surface area contributed by atoms with E-state index in [4.69, 9.17) is 4.74 Å². The normalized spacial score (nSPS) is 10.2. The number of carbonyl (C=O) groups excluding carboxylic acids is 1. The van der Waals surface area contributed by atoms with E-state index in [1.54, 1.807) is 25.4 Å². The molecule has 1 amide bonds.